The predicted octanol–water partition coefficient (Wildman–Crippen LogP) is 2.77. The molecule has 0 fully saturated rings. The van der Waals surface area contributed by atoms with Crippen molar-refractivity contribution in [3.8, 4) is 0 Å². The fraction of sp³-hybridized carbons (Fsp3) is 0.556. The number of fused-ring (bicyclic) bond motifs is 1. The number of hydrogen-bond acceptors (Lipinski definition) is 4. The molecule has 1 heterocycles. The number of alkyl carbamates (subject to hydrolysis) is 1. The lowest BCUT2D eigenvalue weighted by atomic mass is 10.1. The Labute approximate surface area is 143 Å². The number of nitrogens with one attached hydrogen (secondary N) is 1. The minimum absolute atomic E-state index is 0.00858. The summed E-state index contributed by atoms with van der Waals surface area (Å²) in [4.78, 5) is 28.2. The SMILES string of the molecule is CCN1CCN(C(=O)CCNC(=O)OC(C)(C)C)c2ccccc21. The number of amides is 2. The molecule has 1 aromatic carbocycles. The van der Waals surface area contributed by atoms with Crippen LogP contribution in [0, 0.1) is 0 Å². The highest BCUT2D eigenvalue weighted by Crippen LogP contribution is 2.32. The van der Waals surface area contributed by atoms with Gasteiger partial charge in [0.05, 0.1) is 11.4 Å². The van der Waals surface area contributed by atoms with E-state index in [2.05, 4.69) is 17.1 Å². The maximum Gasteiger partial charge on any atom is 0.407 e. The van der Waals surface area contributed by atoms with Gasteiger partial charge in [0.15, 0.2) is 0 Å². The first-order chi connectivity index (χ1) is 11.3. The highest BCUT2D eigenvalue weighted by molar-refractivity contribution is 5.98. The molecule has 1 N–H and O–H groups in total. The Kier molecular flexibility index (Phi) is 5.70. The van der Waals surface area contributed by atoms with Crippen LogP contribution >= 0.6 is 0 Å². The molecule has 0 unspecified atom stereocenters. The molecule has 1 aliphatic rings. The van der Waals surface area contributed by atoms with Crippen molar-refractivity contribution < 1.29 is 14.3 Å². The fourth-order valence-electron chi connectivity index (χ4n) is 2.73. The molecule has 0 atom stereocenters. The number of anilines is 2. The Hall–Kier alpha value is -2.24. The van der Waals surface area contributed by atoms with Crippen molar-refractivity contribution in [2.75, 3.05) is 36.0 Å². The summed E-state index contributed by atoms with van der Waals surface area (Å²) in [5, 5.41) is 2.63. The van der Waals surface area contributed by atoms with E-state index in [-0.39, 0.29) is 18.9 Å². The Bertz CT molecular complexity index is 595. The first kappa shape index (κ1) is 18.1. The van der Waals surface area contributed by atoms with Crippen LogP contribution in [0.5, 0.6) is 0 Å². The smallest absolute Gasteiger partial charge is 0.407 e. The van der Waals surface area contributed by atoms with Crippen molar-refractivity contribution in [2.24, 2.45) is 0 Å². The summed E-state index contributed by atoms with van der Waals surface area (Å²) < 4.78 is 5.17. The standard InChI is InChI=1S/C18H27N3O3/c1-5-20-12-13-21(15-9-7-6-8-14(15)20)16(22)10-11-19-17(23)24-18(2,3)4/h6-9H,5,10-13H2,1-4H3,(H,19,23). The summed E-state index contributed by atoms with van der Waals surface area (Å²) in [5.74, 6) is 0.00858. The van der Waals surface area contributed by atoms with Gasteiger partial charge in [0.1, 0.15) is 5.60 Å². The summed E-state index contributed by atoms with van der Waals surface area (Å²) in [6, 6.07) is 7.93. The predicted molar refractivity (Wildman–Crippen MR) is 95.5 cm³/mol. The number of benzene rings is 1. The van der Waals surface area contributed by atoms with E-state index in [0.717, 1.165) is 24.5 Å². The second-order valence-corrected chi connectivity index (χ2v) is 6.79. The lowest BCUT2D eigenvalue weighted by Gasteiger charge is -2.37. The number of carbonyl (C=O) groups is 2. The molecule has 6 heteroatoms. The quantitative estimate of drug-likeness (QED) is 0.920. The van der Waals surface area contributed by atoms with Crippen molar-refractivity contribution in [3.63, 3.8) is 0 Å². The van der Waals surface area contributed by atoms with Gasteiger partial charge in [-0.05, 0) is 39.8 Å². The third-order valence-electron chi connectivity index (χ3n) is 3.80. The van der Waals surface area contributed by atoms with Crippen molar-refractivity contribution in [2.45, 2.75) is 39.7 Å². The monoisotopic (exact) mass is 333 g/mol. The van der Waals surface area contributed by atoms with Gasteiger partial charge in [-0.2, -0.15) is 0 Å². The zero-order valence-corrected chi connectivity index (χ0v) is 15.0. The van der Waals surface area contributed by atoms with E-state index >= 15 is 0 Å². The molecule has 0 saturated carbocycles. The van der Waals surface area contributed by atoms with E-state index in [9.17, 15) is 9.59 Å². The van der Waals surface area contributed by atoms with E-state index < -0.39 is 11.7 Å². The molecular formula is C18H27N3O3. The number of rotatable bonds is 4. The van der Waals surface area contributed by atoms with Crippen LogP contribution < -0.4 is 15.1 Å². The minimum atomic E-state index is -0.538. The summed E-state index contributed by atoms with van der Waals surface area (Å²) in [7, 11) is 0. The molecule has 1 aliphatic heterocycles. The average molecular weight is 333 g/mol. The Morgan fingerprint density at radius 1 is 1.17 bits per heavy atom. The zero-order chi connectivity index (χ0) is 17.7. The maximum absolute atomic E-state index is 12.5. The van der Waals surface area contributed by atoms with Crippen molar-refractivity contribution in [1.82, 2.24) is 5.32 Å². The zero-order valence-electron chi connectivity index (χ0n) is 15.0. The molecular weight excluding hydrogens is 306 g/mol. The Balaban J connectivity index is 1.93. The van der Waals surface area contributed by atoms with E-state index in [1.165, 1.54) is 0 Å². The van der Waals surface area contributed by atoms with E-state index in [1.807, 2.05) is 45.0 Å². The number of likely N-dealkylation sites (N-methyl/N-ethyl adjacent to an activating group) is 1. The number of hydrogen-bond donors (Lipinski definition) is 1. The van der Waals surface area contributed by atoms with Gasteiger partial charge in [-0.25, -0.2) is 4.79 Å². The average Bonchev–Trinajstić information content (AvgIpc) is 2.52. The van der Waals surface area contributed by atoms with E-state index in [4.69, 9.17) is 4.74 Å². The van der Waals surface area contributed by atoms with Crippen molar-refractivity contribution >= 4 is 23.4 Å². The van der Waals surface area contributed by atoms with Crippen LogP contribution in [0.1, 0.15) is 34.1 Å². The van der Waals surface area contributed by atoms with Gasteiger partial charge in [0, 0.05) is 32.6 Å². The van der Waals surface area contributed by atoms with Crippen LogP contribution in [-0.2, 0) is 9.53 Å². The molecule has 0 spiro atoms. The lowest BCUT2D eigenvalue weighted by Crippen LogP contribution is -2.45. The van der Waals surface area contributed by atoms with Crippen LogP contribution in [0.4, 0.5) is 16.2 Å². The fourth-order valence-corrected chi connectivity index (χ4v) is 2.73. The van der Waals surface area contributed by atoms with Gasteiger partial charge in [0.2, 0.25) is 5.91 Å². The second-order valence-electron chi connectivity index (χ2n) is 6.79. The van der Waals surface area contributed by atoms with E-state index in [1.54, 1.807) is 4.90 Å². The summed E-state index contributed by atoms with van der Waals surface area (Å²) >= 11 is 0. The second kappa shape index (κ2) is 7.55. The van der Waals surface area contributed by atoms with Gasteiger partial charge in [-0.3, -0.25) is 4.79 Å². The molecule has 132 valence electrons. The molecule has 0 saturated heterocycles. The lowest BCUT2D eigenvalue weighted by molar-refractivity contribution is -0.118. The van der Waals surface area contributed by atoms with Crippen LogP contribution in [0.2, 0.25) is 0 Å². The minimum Gasteiger partial charge on any atom is -0.444 e. The van der Waals surface area contributed by atoms with Crippen molar-refractivity contribution in [3.05, 3.63) is 24.3 Å². The first-order valence-corrected chi connectivity index (χ1v) is 8.43. The third kappa shape index (κ3) is 4.63. The van der Waals surface area contributed by atoms with Crippen LogP contribution in [-0.4, -0.2) is 43.8 Å². The highest BCUT2D eigenvalue weighted by Gasteiger charge is 2.25. The van der Waals surface area contributed by atoms with E-state index in [0.29, 0.717) is 6.54 Å². The van der Waals surface area contributed by atoms with Crippen LogP contribution in [0.15, 0.2) is 24.3 Å². The number of nitrogens with zero attached hydrogens (tertiary/aromatic N) is 2. The van der Waals surface area contributed by atoms with Crippen molar-refractivity contribution in [1.29, 1.82) is 0 Å². The number of carbonyl (C=O) groups excluding carboxylic acids is 2. The Morgan fingerprint density at radius 3 is 2.46 bits per heavy atom. The Morgan fingerprint density at radius 2 is 1.83 bits per heavy atom. The maximum atomic E-state index is 12.5. The topological polar surface area (TPSA) is 61.9 Å². The highest BCUT2D eigenvalue weighted by atomic mass is 16.6. The molecule has 0 radical (unpaired) electrons. The van der Waals surface area contributed by atoms with Gasteiger partial charge in [0.25, 0.3) is 0 Å². The molecule has 0 bridgehead atoms. The largest absolute Gasteiger partial charge is 0.444 e. The number of para-hydroxylation sites is 2. The molecule has 1 aromatic rings. The van der Waals surface area contributed by atoms with Gasteiger partial charge in [-0.1, -0.05) is 12.1 Å². The van der Waals surface area contributed by atoms with Gasteiger partial charge >= 0.3 is 6.09 Å². The molecule has 2 rings (SSSR count). The summed E-state index contributed by atoms with van der Waals surface area (Å²) in [6.45, 7) is 10.2. The van der Waals surface area contributed by atoms with Gasteiger partial charge in [-0.15, -0.1) is 0 Å². The molecule has 0 aliphatic carbocycles. The molecule has 0 aromatic heterocycles. The van der Waals surface area contributed by atoms with Crippen LogP contribution in [0.25, 0.3) is 0 Å². The van der Waals surface area contributed by atoms with Gasteiger partial charge < -0.3 is 19.9 Å². The van der Waals surface area contributed by atoms with Crippen LogP contribution in [0.3, 0.4) is 0 Å². The molecule has 24 heavy (non-hydrogen) atoms. The summed E-state index contributed by atoms with van der Waals surface area (Å²) in [6.07, 6.45) is -0.244. The summed E-state index contributed by atoms with van der Waals surface area (Å²) in [5.41, 5.74) is 1.48. The first-order valence-electron chi connectivity index (χ1n) is 8.43. The third-order valence-corrected chi connectivity index (χ3v) is 3.80. The molecule has 6 nitrogen and oxygen atoms in total. The molecule has 2 amide bonds. The normalized spacial score (nSPS) is 14.2. The number of ether oxygens (including phenoxy) is 1.